The van der Waals surface area contributed by atoms with Gasteiger partial charge >= 0.3 is 0 Å². The third-order valence-corrected chi connectivity index (χ3v) is 2.19. The molecule has 1 heterocycles. The van der Waals surface area contributed by atoms with E-state index in [0.29, 0.717) is 0 Å². The van der Waals surface area contributed by atoms with Crippen LogP contribution >= 0.6 is 15.9 Å². The Labute approximate surface area is 84.8 Å². The number of aliphatic imine (C=N–C) groups is 1. The van der Waals surface area contributed by atoms with Crippen LogP contribution in [-0.2, 0) is 17.4 Å². The summed E-state index contributed by atoms with van der Waals surface area (Å²) in [5.41, 5.74) is 0.290. The van der Waals surface area contributed by atoms with Crippen LogP contribution in [-0.4, -0.2) is 15.9 Å². The van der Waals surface area contributed by atoms with Gasteiger partial charge in [-0.2, -0.15) is 10.1 Å². The van der Waals surface area contributed by atoms with Gasteiger partial charge in [-0.25, -0.2) is 4.79 Å². The van der Waals surface area contributed by atoms with E-state index in [4.69, 9.17) is 0 Å². The Balaban J connectivity index is 3.20. The van der Waals surface area contributed by atoms with E-state index >= 15 is 0 Å². The number of hydrogen-bond donors (Lipinski definition) is 0. The molecule has 1 aromatic rings. The first-order valence-electron chi connectivity index (χ1n) is 3.76. The Morgan fingerprint density at radius 2 is 2.31 bits per heavy atom. The molecule has 0 aliphatic rings. The summed E-state index contributed by atoms with van der Waals surface area (Å²) in [6.45, 7) is 3.67. The normalized spacial score (nSPS) is 11.1. The van der Waals surface area contributed by atoms with Crippen LogP contribution < -0.4 is 0 Å². The number of nitrogens with zero attached hydrogens (tertiary/aromatic N) is 3. The fraction of sp³-hybridized carbons (Fsp3) is 0.500. The van der Waals surface area contributed by atoms with Crippen molar-refractivity contribution >= 4 is 22.0 Å². The molecule has 1 aromatic heterocycles. The topological polar surface area (TPSA) is 47.2 Å². The Kier molecular flexibility index (Phi) is 2.68. The van der Waals surface area contributed by atoms with E-state index in [1.807, 2.05) is 27.0 Å². The van der Waals surface area contributed by atoms with E-state index in [1.54, 1.807) is 10.8 Å². The minimum absolute atomic E-state index is 0.574. The van der Waals surface area contributed by atoms with Gasteiger partial charge in [0, 0.05) is 7.05 Å². The maximum Gasteiger partial charge on any atom is 0.235 e. The number of hydrogen-bond acceptors (Lipinski definition) is 3. The molecule has 13 heavy (non-hydrogen) atoms. The quantitative estimate of drug-likeness (QED) is 0.587. The van der Waals surface area contributed by atoms with E-state index in [0.717, 1.165) is 10.3 Å². The molecule has 5 heteroatoms. The smallest absolute Gasteiger partial charge is 0.235 e. The molecular formula is C8H10BrN3O. The first kappa shape index (κ1) is 10.2. The summed E-state index contributed by atoms with van der Waals surface area (Å²) < 4.78 is 2.42. The number of isocyanates is 1. The van der Waals surface area contributed by atoms with Crippen molar-refractivity contribution in [2.75, 3.05) is 0 Å². The van der Waals surface area contributed by atoms with Crippen LogP contribution in [0.15, 0.2) is 15.7 Å². The minimum atomic E-state index is -0.574. The summed E-state index contributed by atoms with van der Waals surface area (Å²) in [4.78, 5) is 13.9. The molecule has 0 unspecified atom stereocenters. The minimum Gasteiger partial charge on any atom is -0.269 e. The highest BCUT2D eigenvalue weighted by Crippen LogP contribution is 2.25. The van der Waals surface area contributed by atoms with E-state index in [1.165, 1.54) is 0 Å². The van der Waals surface area contributed by atoms with Gasteiger partial charge in [-0.1, -0.05) is 0 Å². The average Bonchev–Trinajstić information content (AvgIpc) is 2.30. The Morgan fingerprint density at radius 3 is 2.69 bits per heavy atom. The maximum absolute atomic E-state index is 10.2. The van der Waals surface area contributed by atoms with Crippen LogP contribution in [0.1, 0.15) is 19.5 Å². The van der Waals surface area contributed by atoms with Crippen molar-refractivity contribution in [1.29, 1.82) is 0 Å². The van der Waals surface area contributed by atoms with Gasteiger partial charge in [0.25, 0.3) is 0 Å². The largest absolute Gasteiger partial charge is 0.269 e. The Bertz CT molecular complexity index is 363. The average molecular weight is 244 g/mol. The van der Waals surface area contributed by atoms with Crippen molar-refractivity contribution in [3.63, 3.8) is 0 Å². The summed E-state index contributed by atoms with van der Waals surface area (Å²) in [5.74, 6) is 0. The highest BCUT2D eigenvalue weighted by atomic mass is 79.9. The summed E-state index contributed by atoms with van der Waals surface area (Å²) in [6.07, 6.45) is 1.56. The molecule has 0 saturated heterocycles. The van der Waals surface area contributed by atoms with E-state index in [2.05, 4.69) is 26.0 Å². The zero-order valence-electron chi connectivity index (χ0n) is 7.71. The lowest BCUT2D eigenvalue weighted by molar-refractivity contribution is 0.486. The van der Waals surface area contributed by atoms with Crippen molar-refractivity contribution in [1.82, 2.24) is 9.78 Å². The van der Waals surface area contributed by atoms with Gasteiger partial charge in [0.15, 0.2) is 0 Å². The lowest BCUT2D eigenvalue weighted by atomic mass is 10.0. The number of halogens is 1. The number of carbonyl (C=O) groups excluding carboxylic acids is 1. The van der Waals surface area contributed by atoms with Gasteiger partial charge in [-0.05, 0) is 35.8 Å². The molecule has 0 amide bonds. The molecule has 0 N–H and O–H groups in total. The number of aryl methyl sites for hydroxylation is 1. The fourth-order valence-corrected chi connectivity index (χ4v) is 1.63. The maximum atomic E-state index is 10.2. The molecule has 0 saturated carbocycles. The predicted molar refractivity (Wildman–Crippen MR) is 52.1 cm³/mol. The number of aromatic nitrogens is 2. The van der Waals surface area contributed by atoms with Gasteiger partial charge in [0.05, 0.1) is 5.69 Å². The molecule has 1 rings (SSSR count). The van der Waals surface area contributed by atoms with E-state index in [9.17, 15) is 4.79 Å². The van der Waals surface area contributed by atoms with Crippen molar-refractivity contribution in [2.24, 2.45) is 12.0 Å². The second-order valence-electron chi connectivity index (χ2n) is 3.24. The molecule has 0 radical (unpaired) electrons. The molecule has 4 nitrogen and oxygen atoms in total. The first-order valence-corrected chi connectivity index (χ1v) is 4.56. The number of rotatable bonds is 2. The highest BCUT2D eigenvalue weighted by Gasteiger charge is 2.23. The Morgan fingerprint density at radius 1 is 1.69 bits per heavy atom. The summed E-state index contributed by atoms with van der Waals surface area (Å²) >= 11 is 3.25. The van der Waals surface area contributed by atoms with Crippen molar-refractivity contribution in [3.05, 3.63) is 16.4 Å². The molecule has 0 fully saturated rings. The highest BCUT2D eigenvalue weighted by molar-refractivity contribution is 9.10. The second-order valence-corrected chi connectivity index (χ2v) is 4.05. The van der Waals surface area contributed by atoms with Crippen molar-refractivity contribution in [3.8, 4) is 0 Å². The van der Waals surface area contributed by atoms with Crippen LogP contribution in [0.5, 0.6) is 0 Å². The van der Waals surface area contributed by atoms with Crippen molar-refractivity contribution in [2.45, 2.75) is 19.4 Å². The van der Waals surface area contributed by atoms with E-state index in [-0.39, 0.29) is 0 Å². The standard InChI is InChI=1S/C8H10BrN3O/c1-8(2,10-5-13)6-4-7(9)11-12(6)3/h4H,1-3H3. The molecule has 0 bridgehead atoms. The molecular weight excluding hydrogens is 234 g/mol. The zero-order chi connectivity index (χ0) is 10.1. The Hall–Kier alpha value is -0.930. The first-order chi connectivity index (χ1) is 5.97. The van der Waals surface area contributed by atoms with Crippen LogP contribution in [0, 0.1) is 0 Å². The van der Waals surface area contributed by atoms with Crippen LogP contribution in [0.3, 0.4) is 0 Å². The van der Waals surface area contributed by atoms with Crippen molar-refractivity contribution < 1.29 is 4.79 Å². The van der Waals surface area contributed by atoms with Gasteiger partial charge in [-0.3, -0.25) is 4.68 Å². The summed E-state index contributed by atoms with van der Waals surface area (Å²) in [5, 5.41) is 4.10. The molecule has 70 valence electrons. The van der Waals surface area contributed by atoms with Gasteiger partial charge in [-0.15, -0.1) is 0 Å². The molecule has 0 atom stereocenters. The van der Waals surface area contributed by atoms with Gasteiger partial charge < -0.3 is 0 Å². The SMILES string of the molecule is Cn1nc(Br)cc1C(C)(C)N=C=O. The third kappa shape index (κ3) is 2.05. The molecule has 0 aliphatic carbocycles. The second kappa shape index (κ2) is 3.44. The molecule has 0 aromatic carbocycles. The zero-order valence-corrected chi connectivity index (χ0v) is 9.29. The monoisotopic (exact) mass is 243 g/mol. The van der Waals surface area contributed by atoms with Gasteiger partial charge in [0.1, 0.15) is 10.1 Å². The molecule has 0 spiro atoms. The van der Waals surface area contributed by atoms with Crippen LogP contribution in [0.2, 0.25) is 0 Å². The third-order valence-electron chi connectivity index (χ3n) is 1.80. The lowest BCUT2D eigenvalue weighted by Gasteiger charge is -2.16. The van der Waals surface area contributed by atoms with Crippen LogP contribution in [0.4, 0.5) is 0 Å². The summed E-state index contributed by atoms with van der Waals surface area (Å²) in [6, 6.07) is 1.83. The van der Waals surface area contributed by atoms with E-state index < -0.39 is 5.54 Å². The van der Waals surface area contributed by atoms with Crippen LogP contribution in [0.25, 0.3) is 0 Å². The summed E-state index contributed by atoms with van der Waals surface area (Å²) in [7, 11) is 1.81. The lowest BCUT2D eigenvalue weighted by Crippen LogP contribution is -2.18. The fourth-order valence-electron chi connectivity index (χ4n) is 1.18. The van der Waals surface area contributed by atoms with Gasteiger partial charge in [0.2, 0.25) is 6.08 Å². The predicted octanol–water partition coefficient (Wildman–Crippen LogP) is 1.75. The molecule has 0 aliphatic heterocycles.